The summed E-state index contributed by atoms with van der Waals surface area (Å²) in [5.74, 6) is -0.534. The summed E-state index contributed by atoms with van der Waals surface area (Å²) in [6, 6.07) is 3.11. The lowest BCUT2D eigenvalue weighted by atomic mass is 10.2. The zero-order chi connectivity index (χ0) is 18.3. The van der Waals surface area contributed by atoms with E-state index in [2.05, 4.69) is 10.3 Å². The number of nitrogens with zero attached hydrogens (tertiary/aromatic N) is 3. The highest BCUT2D eigenvalue weighted by molar-refractivity contribution is 7.89. The van der Waals surface area contributed by atoms with E-state index in [1.54, 1.807) is 19.1 Å². The van der Waals surface area contributed by atoms with Gasteiger partial charge in [-0.2, -0.15) is 4.31 Å². The van der Waals surface area contributed by atoms with Crippen LogP contribution >= 0.6 is 0 Å². The molecule has 2 heterocycles. The Morgan fingerprint density at radius 2 is 1.84 bits per heavy atom. The molecule has 0 aromatic carbocycles. The van der Waals surface area contributed by atoms with Crippen molar-refractivity contribution >= 4 is 22.0 Å². The lowest BCUT2D eigenvalue weighted by Crippen LogP contribution is -2.51. The van der Waals surface area contributed by atoms with E-state index < -0.39 is 16.1 Å². The standard InChI is InChI=1S/C15H22N4O5S/c1-2-24-15(21)18-8-10-19(11-9-18)25(22,23)12-7-17-14(20)13-3-5-16-6-4-13/h3-6H,2,7-12H2,1H3,(H,17,20). The Bertz CT molecular complexity index is 687. The highest BCUT2D eigenvalue weighted by Crippen LogP contribution is 2.09. The molecule has 0 atom stereocenters. The quantitative estimate of drug-likeness (QED) is 0.750. The molecule has 1 aromatic rings. The van der Waals surface area contributed by atoms with Crippen LogP contribution in [-0.2, 0) is 14.8 Å². The maximum absolute atomic E-state index is 12.3. The molecule has 1 fully saturated rings. The average Bonchev–Trinajstić information content (AvgIpc) is 2.62. The Morgan fingerprint density at radius 1 is 1.20 bits per heavy atom. The van der Waals surface area contributed by atoms with E-state index in [1.165, 1.54) is 21.6 Å². The summed E-state index contributed by atoms with van der Waals surface area (Å²) in [5, 5.41) is 2.58. The summed E-state index contributed by atoms with van der Waals surface area (Å²) in [6.45, 7) is 3.05. The van der Waals surface area contributed by atoms with Crippen LogP contribution in [0.1, 0.15) is 17.3 Å². The number of pyridine rings is 1. The van der Waals surface area contributed by atoms with Gasteiger partial charge in [0.1, 0.15) is 0 Å². The molecule has 0 aliphatic carbocycles. The van der Waals surface area contributed by atoms with Gasteiger partial charge in [-0.3, -0.25) is 9.78 Å². The van der Waals surface area contributed by atoms with Gasteiger partial charge in [0.25, 0.3) is 5.91 Å². The summed E-state index contributed by atoms with van der Waals surface area (Å²) < 4.78 is 30.9. The van der Waals surface area contributed by atoms with Crippen LogP contribution in [0.4, 0.5) is 4.79 Å². The van der Waals surface area contributed by atoms with Crippen LogP contribution in [0.25, 0.3) is 0 Å². The predicted octanol–water partition coefficient (Wildman–Crippen LogP) is -0.0847. The van der Waals surface area contributed by atoms with Crippen LogP contribution in [0.2, 0.25) is 0 Å². The minimum absolute atomic E-state index is 0.0155. The molecule has 1 aromatic heterocycles. The lowest BCUT2D eigenvalue weighted by Gasteiger charge is -2.33. The maximum Gasteiger partial charge on any atom is 0.409 e. The van der Waals surface area contributed by atoms with Gasteiger partial charge in [-0.25, -0.2) is 13.2 Å². The molecule has 25 heavy (non-hydrogen) atoms. The number of piperazine rings is 1. The fourth-order valence-electron chi connectivity index (χ4n) is 2.39. The van der Waals surface area contributed by atoms with E-state index in [1.807, 2.05) is 0 Å². The van der Waals surface area contributed by atoms with Crippen LogP contribution < -0.4 is 5.32 Å². The number of nitrogens with one attached hydrogen (secondary N) is 1. The van der Waals surface area contributed by atoms with Gasteiger partial charge in [0, 0.05) is 50.7 Å². The monoisotopic (exact) mass is 370 g/mol. The van der Waals surface area contributed by atoms with Crippen LogP contribution in [-0.4, -0.2) is 79.7 Å². The Kier molecular flexibility index (Phi) is 6.71. The molecule has 138 valence electrons. The van der Waals surface area contributed by atoms with Crippen molar-refractivity contribution in [2.45, 2.75) is 6.92 Å². The first kappa shape index (κ1) is 19.1. The van der Waals surface area contributed by atoms with Gasteiger partial charge in [-0.05, 0) is 19.1 Å². The van der Waals surface area contributed by atoms with E-state index in [0.717, 1.165) is 0 Å². The Balaban J connectivity index is 1.78. The predicted molar refractivity (Wildman–Crippen MR) is 90.5 cm³/mol. The van der Waals surface area contributed by atoms with Crippen molar-refractivity contribution in [3.63, 3.8) is 0 Å². The second-order valence-electron chi connectivity index (χ2n) is 5.39. The van der Waals surface area contributed by atoms with Gasteiger partial charge >= 0.3 is 6.09 Å². The lowest BCUT2D eigenvalue weighted by molar-refractivity contribution is 0.0928. The first-order chi connectivity index (χ1) is 11.9. The van der Waals surface area contributed by atoms with Crippen LogP contribution in [0.15, 0.2) is 24.5 Å². The van der Waals surface area contributed by atoms with Crippen molar-refractivity contribution in [2.24, 2.45) is 0 Å². The second kappa shape index (κ2) is 8.77. The highest BCUT2D eigenvalue weighted by atomic mass is 32.2. The summed E-state index contributed by atoms with van der Waals surface area (Å²) in [7, 11) is -3.50. The largest absolute Gasteiger partial charge is 0.450 e. The molecule has 10 heteroatoms. The Hall–Kier alpha value is -2.20. The molecule has 1 saturated heterocycles. The zero-order valence-corrected chi connectivity index (χ0v) is 14.9. The number of carbonyl (C=O) groups excluding carboxylic acids is 2. The number of amides is 2. The van der Waals surface area contributed by atoms with Crippen molar-refractivity contribution < 1.29 is 22.7 Å². The van der Waals surface area contributed by atoms with Gasteiger partial charge in [-0.1, -0.05) is 0 Å². The normalized spacial score (nSPS) is 15.6. The second-order valence-corrected chi connectivity index (χ2v) is 7.48. The third-order valence-corrected chi connectivity index (χ3v) is 5.62. The van der Waals surface area contributed by atoms with E-state index in [0.29, 0.717) is 18.7 Å². The Morgan fingerprint density at radius 3 is 2.44 bits per heavy atom. The van der Waals surface area contributed by atoms with E-state index >= 15 is 0 Å². The zero-order valence-electron chi connectivity index (χ0n) is 14.1. The number of hydrogen-bond acceptors (Lipinski definition) is 6. The minimum atomic E-state index is -3.50. The minimum Gasteiger partial charge on any atom is -0.450 e. The van der Waals surface area contributed by atoms with Gasteiger partial charge in [0.15, 0.2) is 0 Å². The van der Waals surface area contributed by atoms with Gasteiger partial charge < -0.3 is 15.0 Å². The third-order valence-electron chi connectivity index (χ3n) is 3.75. The van der Waals surface area contributed by atoms with Crippen LogP contribution in [0.5, 0.6) is 0 Å². The Labute approximate surface area is 147 Å². The number of ether oxygens (including phenoxy) is 1. The molecule has 0 spiro atoms. The molecule has 9 nitrogen and oxygen atoms in total. The fraction of sp³-hybridized carbons (Fsp3) is 0.533. The van der Waals surface area contributed by atoms with Crippen LogP contribution in [0, 0.1) is 0 Å². The summed E-state index contributed by atoms with van der Waals surface area (Å²) >= 11 is 0. The number of rotatable bonds is 6. The molecular formula is C15H22N4O5S. The third kappa shape index (κ3) is 5.40. The van der Waals surface area contributed by atoms with Gasteiger partial charge in [0.05, 0.1) is 12.4 Å². The molecule has 2 rings (SSSR count). The molecule has 0 bridgehead atoms. The topological polar surface area (TPSA) is 109 Å². The first-order valence-corrected chi connectivity index (χ1v) is 9.62. The SMILES string of the molecule is CCOC(=O)N1CCN(S(=O)(=O)CCNC(=O)c2ccncc2)CC1. The molecule has 0 radical (unpaired) electrons. The number of hydrogen-bond donors (Lipinski definition) is 1. The molecule has 0 saturated carbocycles. The fourth-order valence-corrected chi connectivity index (χ4v) is 3.73. The molecule has 2 amide bonds. The highest BCUT2D eigenvalue weighted by Gasteiger charge is 2.29. The molecule has 1 aliphatic rings. The maximum atomic E-state index is 12.3. The summed E-state index contributed by atoms with van der Waals surface area (Å²) in [6.07, 6.45) is 2.56. The first-order valence-electron chi connectivity index (χ1n) is 8.02. The number of carbonyl (C=O) groups is 2. The summed E-state index contributed by atoms with van der Waals surface area (Å²) in [4.78, 5) is 28.8. The van der Waals surface area contributed by atoms with Crippen molar-refractivity contribution in [3.8, 4) is 0 Å². The number of aromatic nitrogens is 1. The smallest absolute Gasteiger partial charge is 0.409 e. The number of sulfonamides is 1. The van der Waals surface area contributed by atoms with E-state index in [-0.39, 0.29) is 37.9 Å². The van der Waals surface area contributed by atoms with Crippen molar-refractivity contribution in [1.82, 2.24) is 19.5 Å². The van der Waals surface area contributed by atoms with Crippen molar-refractivity contribution in [2.75, 3.05) is 45.1 Å². The van der Waals surface area contributed by atoms with Crippen LogP contribution in [0.3, 0.4) is 0 Å². The van der Waals surface area contributed by atoms with Crippen molar-refractivity contribution in [1.29, 1.82) is 0 Å². The average molecular weight is 370 g/mol. The molecule has 1 aliphatic heterocycles. The summed E-state index contributed by atoms with van der Waals surface area (Å²) in [5.41, 5.74) is 0.426. The van der Waals surface area contributed by atoms with E-state index in [9.17, 15) is 18.0 Å². The molecule has 1 N–H and O–H groups in total. The van der Waals surface area contributed by atoms with Gasteiger partial charge in [-0.15, -0.1) is 0 Å². The molecular weight excluding hydrogens is 348 g/mol. The van der Waals surface area contributed by atoms with Gasteiger partial charge in [0.2, 0.25) is 10.0 Å². The van der Waals surface area contributed by atoms with E-state index in [4.69, 9.17) is 4.74 Å². The molecule has 0 unspecified atom stereocenters. The van der Waals surface area contributed by atoms with Crippen molar-refractivity contribution in [3.05, 3.63) is 30.1 Å².